The number of nitro groups is 1. The third kappa shape index (κ3) is 4.40. The van der Waals surface area contributed by atoms with Gasteiger partial charge in [0.25, 0.3) is 11.7 Å². The van der Waals surface area contributed by atoms with Gasteiger partial charge in [-0.3, -0.25) is 10.1 Å². The molecule has 0 aliphatic rings. The summed E-state index contributed by atoms with van der Waals surface area (Å²) in [7, 11) is 3.97. The number of benzene rings is 1. The number of anilines is 1. The van der Waals surface area contributed by atoms with E-state index < -0.39 is 4.92 Å². The summed E-state index contributed by atoms with van der Waals surface area (Å²) in [6.07, 6.45) is 0. The summed E-state index contributed by atoms with van der Waals surface area (Å²) >= 11 is 0. The van der Waals surface area contributed by atoms with Crippen LogP contribution in [0.15, 0.2) is 22.6 Å². The molecule has 0 aliphatic heterocycles. The van der Waals surface area contributed by atoms with E-state index in [1.165, 1.54) is 12.1 Å². The molecule has 0 aliphatic carbocycles. The van der Waals surface area contributed by atoms with Crippen molar-refractivity contribution in [2.45, 2.75) is 0 Å². The number of hydrogen-bond acceptors (Lipinski definition) is 7. The number of nitro benzene ring substituents is 1. The molecule has 0 saturated heterocycles. The highest BCUT2D eigenvalue weighted by Gasteiger charge is 2.11. The topological polar surface area (TPSA) is 93.7 Å². The van der Waals surface area contributed by atoms with Crippen LogP contribution in [0.25, 0.3) is 11.1 Å². The molecule has 0 spiro atoms. The summed E-state index contributed by atoms with van der Waals surface area (Å²) in [6.45, 7) is 2.62. The monoisotopic (exact) mass is 294 g/mol. The molecule has 0 amide bonds. The molecular formula is C13H18N4O4. The summed E-state index contributed by atoms with van der Waals surface area (Å²) in [5, 5.41) is 13.7. The van der Waals surface area contributed by atoms with E-state index in [4.69, 9.17) is 9.15 Å². The summed E-state index contributed by atoms with van der Waals surface area (Å²) in [5.74, 6) is 0. The Morgan fingerprint density at radius 2 is 2.24 bits per heavy atom. The Morgan fingerprint density at radius 1 is 1.43 bits per heavy atom. The Labute approximate surface area is 121 Å². The zero-order chi connectivity index (χ0) is 15.2. The number of ether oxygens (including phenoxy) is 1. The lowest BCUT2D eigenvalue weighted by Gasteiger charge is -2.09. The summed E-state index contributed by atoms with van der Waals surface area (Å²) in [5.41, 5.74) is 0.953. The van der Waals surface area contributed by atoms with Gasteiger partial charge in [-0.05, 0) is 20.2 Å². The number of fused-ring (bicyclic) bond motifs is 1. The molecule has 0 saturated carbocycles. The molecule has 114 valence electrons. The first-order chi connectivity index (χ1) is 10.1. The maximum Gasteiger partial charge on any atom is 0.295 e. The molecule has 2 aromatic rings. The van der Waals surface area contributed by atoms with E-state index in [9.17, 15) is 10.1 Å². The zero-order valence-corrected chi connectivity index (χ0v) is 12.0. The average Bonchev–Trinajstić information content (AvgIpc) is 2.83. The number of aromatic nitrogens is 1. The molecule has 0 radical (unpaired) electrons. The number of oxazole rings is 1. The SMILES string of the molecule is CN(C)CCOCCNc1nc2ccc([N+](=O)[O-])cc2o1. The van der Waals surface area contributed by atoms with Gasteiger partial charge in [-0.1, -0.05) is 0 Å². The van der Waals surface area contributed by atoms with E-state index in [2.05, 4.69) is 10.3 Å². The molecular weight excluding hydrogens is 276 g/mol. The first kappa shape index (κ1) is 15.2. The molecule has 2 rings (SSSR count). The second-order valence-corrected chi connectivity index (χ2v) is 4.77. The van der Waals surface area contributed by atoms with Crippen molar-refractivity contribution in [2.24, 2.45) is 0 Å². The Bertz CT molecular complexity index is 611. The van der Waals surface area contributed by atoms with E-state index in [1.807, 2.05) is 19.0 Å². The fraction of sp³-hybridized carbons (Fsp3) is 0.462. The minimum absolute atomic E-state index is 0.0165. The first-order valence-corrected chi connectivity index (χ1v) is 6.57. The van der Waals surface area contributed by atoms with Crippen LogP contribution in [0.1, 0.15) is 0 Å². The largest absolute Gasteiger partial charge is 0.423 e. The molecule has 0 bridgehead atoms. The third-order valence-electron chi connectivity index (χ3n) is 2.79. The quantitative estimate of drug-likeness (QED) is 0.450. The average molecular weight is 294 g/mol. The molecule has 1 N–H and O–H groups in total. The molecule has 21 heavy (non-hydrogen) atoms. The Morgan fingerprint density at radius 3 is 2.95 bits per heavy atom. The summed E-state index contributed by atoms with van der Waals surface area (Å²) < 4.78 is 10.8. The van der Waals surface area contributed by atoms with E-state index in [-0.39, 0.29) is 5.69 Å². The normalized spacial score (nSPS) is 11.2. The molecule has 8 heteroatoms. The number of nitrogens with one attached hydrogen (secondary N) is 1. The van der Waals surface area contributed by atoms with Crippen LogP contribution in [0.5, 0.6) is 0 Å². The predicted octanol–water partition coefficient (Wildman–Crippen LogP) is 1.73. The lowest BCUT2D eigenvalue weighted by Crippen LogP contribution is -2.20. The molecule has 1 aromatic heterocycles. The highest BCUT2D eigenvalue weighted by atomic mass is 16.6. The molecule has 1 heterocycles. The van der Waals surface area contributed by atoms with Crippen LogP contribution < -0.4 is 5.32 Å². The van der Waals surface area contributed by atoms with Crippen molar-refractivity contribution in [3.05, 3.63) is 28.3 Å². The van der Waals surface area contributed by atoms with Gasteiger partial charge in [-0.15, -0.1) is 0 Å². The van der Waals surface area contributed by atoms with Crippen LogP contribution in [-0.2, 0) is 4.74 Å². The third-order valence-corrected chi connectivity index (χ3v) is 2.79. The zero-order valence-electron chi connectivity index (χ0n) is 12.0. The van der Waals surface area contributed by atoms with Crippen LogP contribution in [0, 0.1) is 10.1 Å². The lowest BCUT2D eigenvalue weighted by atomic mass is 10.3. The molecule has 0 unspecified atom stereocenters. The number of non-ortho nitro benzene ring substituents is 1. The Hall–Kier alpha value is -2.19. The predicted molar refractivity (Wildman–Crippen MR) is 78.5 cm³/mol. The van der Waals surface area contributed by atoms with Gasteiger partial charge in [0.1, 0.15) is 5.52 Å². The number of hydrogen-bond donors (Lipinski definition) is 1. The summed E-state index contributed by atoms with van der Waals surface area (Å²) in [6, 6.07) is 4.66. The number of rotatable bonds is 8. The number of nitrogens with zero attached hydrogens (tertiary/aromatic N) is 3. The smallest absolute Gasteiger partial charge is 0.295 e. The lowest BCUT2D eigenvalue weighted by molar-refractivity contribution is -0.384. The Balaban J connectivity index is 1.84. The van der Waals surface area contributed by atoms with Crippen LogP contribution in [-0.4, -0.2) is 55.2 Å². The van der Waals surface area contributed by atoms with Crippen LogP contribution in [0.2, 0.25) is 0 Å². The van der Waals surface area contributed by atoms with Gasteiger partial charge < -0.3 is 19.4 Å². The maximum atomic E-state index is 10.7. The molecule has 0 atom stereocenters. The Kier molecular flexibility index (Phi) is 5.07. The standard InChI is InChI=1S/C13H18N4O4/c1-16(2)6-8-20-7-5-14-13-15-11-4-3-10(17(18)19)9-12(11)21-13/h3-4,9H,5-8H2,1-2H3,(H,14,15). The minimum atomic E-state index is -0.465. The minimum Gasteiger partial charge on any atom is -0.423 e. The van der Waals surface area contributed by atoms with Gasteiger partial charge in [0.2, 0.25) is 0 Å². The van der Waals surface area contributed by atoms with Crippen LogP contribution in [0.3, 0.4) is 0 Å². The van der Waals surface area contributed by atoms with Crippen molar-refractivity contribution in [2.75, 3.05) is 45.7 Å². The van der Waals surface area contributed by atoms with Gasteiger partial charge in [0.05, 0.1) is 24.2 Å². The molecule has 1 aromatic carbocycles. The fourth-order valence-electron chi connectivity index (χ4n) is 1.68. The first-order valence-electron chi connectivity index (χ1n) is 6.57. The number of likely N-dealkylation sites (N-methyl/N-ethyl adjacent to an activating group) is 1. The fourth-order valence-corrected chi connectivity index (χ4v) is 1.68. The van der Waals surface area contributed by atoms with Crippen molar-refractivity contribution in [3.63, 3.8) is 0 Å². The van der Waals surface area contributed by atoms with Crippen molar-refractivity contribution < 1.29 is 14.1 Å². The maximum absolute atomic E-state index is 10.7. The second-order valence-electron chi connectivity index (χ2n) is 4.77. The van der Waals surface area contributed by atoms with Crippen molar-refractivity contribution in [1.82, 2.24) is 9.88 Å². The van der Waals surface area contributed by atoms with Crippen molar-refractivity contribution in [3.8, 4) is 0 Å². The highest BCUT2D eigenvalue weighted by Crippen LogP contribution is 2.23. The van der Waals surface area contributed by atoms with E-state index in [0.717, 1.165) is 6.54 Å². The van der Waals surface area contributed by atoms with Gasteiger partial charge in [0.15, 0.2) is 5.58 Å². The van der Waals surface area contributed by atoms with Crippen LogP contribution >= 0.6 is 0 Å². The van der Waals surface area contributed by atoms with Gasteiger partial charge in [0, 0.05) is 19.2 Å². The molecule has 0 fully saturated rings. The second kappa shape index (κ2) is 7.00. The van der Waals surface area contributed by atoms with E-state index in [1.54, 1.807) is 6.07 Å². The van der Waals surface area contributed by atoms with Gasteiger partial charge in [-0.25, -0.2) is 0 Å². The van der Waals surface area contributed by atoms with E-state index in [0.29, 0.717) is 36.9 Å². The van der Waals surface area contributed by atoms with Gasteiger partial charge in [-0.2, -0.15) is 4.98 Å². The van der Waals surface area contributed by atoms with Crippen molar-refractivity contribution in [1.29, 1.82) is 0 Å². The van der Waals surface area contributed by atoms with Gasteiger partial charge >= 0.3 is 0 Å². The van der Waals surface area contributed by atoms with E-state index >= 15 is 0 Å². The highest BCUT2D eigenvalue weighted by molar-refractivity contribution is 5.77. The molecule has 8 nitrogen and oxygen atoms in total. The van der Waals surface area contributed by atoms with Crippen LogP contribution in [0.4, 0.5) is 11.7 Å². The van der Waals surface area contributed by atoms with Crippen molar-refractivity contribution >= 4 is 22.8 Å². The summed E-state index contributed by atoms with van der Waals surface area (Å²) in [4.78, 5) is 16.5.